The molecular weight excluding hydrogens is 66.0 g/mol. The van der Waals surface area contributed by atoms with Gasteiger partial charge in [0.25, 0.3) is 6.57 Å². The van der Waals surface area contributed by atoms with Crippen molar-refractivity contribution >= 4 is 0 Å². The van der Waals surface area contributed by atoms with Crippen molar-refractivity contribution in [3.63, 3.8) is 0 Å². The minimum absolute atomic E-state index is 0.764. The van der Waals surface area contributed by atoms with Gasteiger partial charge in [-0.05, 0) is 4.85 Å². The molecule has 5 heavy (non-hydrogen) atoms. The number of hydrogen-bond donors (Lipinski definition) is 1. The molecule has 0 radical (unpaired) electrons. The van der Waals surface area contributed by atoms with Crippen LogP contribution in [0.1, 0.15) is 0 Å². The molecule has 2 nitrogen and oxygen atoms in total. The maximum absolute atomic E-state index is 7.71. The molecule has 0 saturated carbocycles. The lowest BCUT2D eigenvalue weighted by atomic mass is 11.0. The Kier molecular flexibility index (Phi) is 2.44. The summed E-state index contributed by atoms with van der Waals surface area (Å²) in [5, 5.41) is 7.71. The van der Waals surface area contributed by atoms with Crippen molar-refractivity contribution in [3.05, 3.63) is 17.3 Å². The first kappa shape index (κ1) is 4.03. The first-order chi connectivity index (χ1) is 2.41. The van der Waals surface area contributed by atoms with E-state index in [1.54, 1.807) is 0 Å². The fourth-order valence-corrected chi connectivity index (χ4v) is 0.0385. The maximum atomic E-state index is 7.71. The van der Waals surface area contributed by atoms with Gasteiger partial charge in [0, 0.05) is 0 Å². The summed E-state index contributed by atoms with van der Waals surface area (Å²) in [6, 6.07) is 0. The van der Waals surface area contributed by atoms with E-state index >= 15 is 0 Å². The molecule has 0 aliphatic heterocycles. The van der Waals surface area contributed by atoms with Crippen LogP contribution in [0.3, 0.4) is 0 Å². The van der Waals surface area contributed by atoms with Gasteiger partial charge in [0.05, 0.1) is 0 Å². The Morgan fingerprint density at radius 3 is 2.40 bits per heavy atom. The predicted octanol–water partition coefficient (Wildman–Crippen LogP) is 0.978. The molecule has 0 spiro atoms. The minimum atomic E-state index is 0.764. The van der Waals surface area contributed by atoms with Gasteiger partial charge >= 0.3 is 6.20 Å². The van der Waals surface area contributed by atoms with Crippen LogP contribution in [-0.2, 0) is 0 Å². The Morgan fingerprint density at radius 1 is 1.80 bits per heavy atom. The van der Waals surface area contributed by atoms with Gasteiger partial charge in [0.2, 0.25) is 0 Å². The molecule has 2 heteroatoms. The zero-order valence-corrected chi connectivity index (χ0v) is 2.63. The second-order valence-electron chi connectivity index (χ2n) is 0.447. The monoisotopic (exact) mass is 70.0 g/mol. The molecule has 0 rings (SSSR count). The normalized spacial score (nSPS) is 7.80. The molecule has 0 amide bonds. The Bertz CT molecular complexity index is 69.5. The molecule has 0 fully saturated rings. The van der Waals surface area contributed by atoms with Gasteiger partial charge in [-0.3, -0.25) is 0 Å². The van der Waals surface area contributed by atoms with Crippen LogP contribution in [0.25, 0.3) is 4.85 Å². The summed E-state index contributed by atoms with van der Waals surface area (Å²) in [7, 11) is 0. The van der Waals surface area contributed by atoms with Gasteiger partial charge < -0.3 is 5.11 Å². The summed E-state index contributed by atoms with van der Waals surface area (Å²) in [6.07, 6.45) is 1.85. The Hall–Kier alpha value is -0.970. The van der Waals surface area contributed by atoms with Crippen LogP contribution in [0.5, 0.6) is 0 Å². The SMILES string of the molecule is C#[N+]/C=C/O. The van der Waals surface area contributed by atoms with Gasteiger partial charge in [-0.15, -0.1) is 0 Å². The number of rotatable bonds is 0. The van der Waals surface area contributed by atoms with Gasteiger partial charge in [0.1, 0.15) is 0 Å². The number of aliphatic hydroxyl groups excluding tert-OH is 1. The van der Waals surface area contributed by atoms with Gasteiger partial charge in [-0.25, -0.2) is 0 Å². The standard InChI is InChI=1S/C3H3NO/c1-4-2-3-5/h1-3H/p+1/b3-2+. The van der Waals surface area contributed by atoms with Crippen LogP contribution < -0.4 is 0 Å². The third kappa shape index (κ3) is 3.03. The average molecular weight is 70.1 g/mol. The van der Waals surface area contributed by atoms with Crippen LogP contribution >= 0.6 is 0 Å². The zero-order valence-electron chi connectivity index (χ0n) is 2.63. The third-order valence-electron chi connectivity index (χ3n) is 0.153. The van der Waals surface area contributed by atoms with Crippen LogP contribution in [-0.4, -0.2) is 5.11 Å². The lowest BCUT2D eigenvalue weighted by Crippen LogP contribution is -1.37. The highest BCUT2D eigenvalue weighted by atomic mass is 16.2. The summed E-state index contributed by atoms with van der Waals surface area (Å²) >= 11 is 0. The molecule has 0 heterocycles. The molecule has 0 aliphatic carbocycles. The summed E-state index contributed by atoms with van der Waals surface area (Å²) < 4.78 is 0. The maximum Gasteiger partial charge on any atom is 0.338 e. The summed E-state index contributed by atoms with van der Waals surface area (Å²) in [4.78, 5) is 2.92. The van der Waals surface area contributed by atoms with Crippen molar-refractivity contribution in [1.29, 1.82) is 0 Å². The van der Waals surface area contributed by atoms with E-state index < -0.39 is 0 Å². The molecule has 0 aromatic carbocycles. The first-order valence-corrected chi connectivity index (χ1v) is 1.11. The van der Waals surface area contributed by atoms with Crippen molar-refractivity contribution in [2.45, 2.75) is 0 Å². The Morgan fingerprint density at radius 2 is 2.40 bits per heavy atom. The van der Waals surface area contributed by atoms with Crippen molar-refractivity contribution < 1.29 is 5.11 Å². The predicted molar refractivity (Wildman–Crippen MR) is 20.1 cm³/mol. The van der Waals surface area contributed by atoms with E-state index in [9.17, 15) is 0 Å². The van der Waals surface area contributed by atoms with Crippen LogP contribution in [0.2, 0.25) is 0 Å². The first-order valence-electron chi connectivity index (χ1n) is 1.11. The number of aliphatic hydroxyl groups is 1. The minimum Gasteiger partial charge on any atom is -0.508 e. The van der Waals surface area contributed by atoms with Gasteiger partial charge in [0.15, 0.2) is 6.26 Å². The highest BCUT2D eigenvalue weighted by Gasteiger charge is 1.59. The lowest BCUT2D eigenvalue weighted by Gasteiger charge is -1.44. The Labute approximate surface area is 30.2 Å². The highest BCUT2D eigenvalue weighted by molar-refractivity contribution is 4.85. The fourth-order valence-electron chi connectivity index (χ4n) is 0.0385. The van der Waals surface area contributed by atoms with E-state index in [4.69, 9.17) is 5.11 Å². The van der Waals surface area contributed by atoms with E-state index in [1.165, 1.54) is 0 Å². The third-order valence-corrected chi connectivity index (χ3v) is 0.153. The van der Waals surface area contributed by atoms with Crippen molar-refractivity contribution in [2.24, 2.45) is 0 Å². The second-order valence-corrected chi connectivity index (χ2v) is 0.447. The summed E-state index contributed by atoms with van der Waals surface area (Å²) in [5.41, 5.74) is 0. The van der Waals surface area contributed by atoms with E-state index in [2.05, 4.69) is 11.4 Å². The largest absolute Gasteiger partial charge is 0.508 e. The number of hydrogen-bond acceptors (Lipinski definition) is 1. The van der Waals surface area contributed by atoms with E-state index in [1.807, 2.05) is 0 Å². The molecule has 0 unspecified atom stereocenters. The molecule has 0 atom stereocenters. The molecule has 0 aliphatic rings. The number of nitrogens with zero attached hydrogens (tertiary/aromatic N) is 1. The van der Waals surface area contributed by atoms with Crippen LogP contribution in [0.4, 0.5) is 0 Å². The van der Waals surface area contributed by atoms with Gasteiger partial charge in [-0.2, -0.15) is 0 Å². The van der Waals surface area contributed by atoms with Gasteiger partial charge in [-0.1, -0.05) is 0 Å². The molecule has 0 saturated heterocycles. The molecule has 0 bridgehead atoms. The summed E-state index contributed by atoms with van der Waals surface area (Å²) in [6.45, 7) is 4.52. The van der Waals surface area contributed by atoms with E-state index in [0.717, 1.165) is 12.5 Å². The molecule has 0 aromatic heterocycles. The topological polar surface area (TPSA) is 24.6 Å². The molecule has 0 aromatic rings. The summed E-state index contributed by atoms with van der Waals surface area (Å²) in [5.74, 6) is 0. The van der Waals surface area contributed by atoms with Crippen molar-refractivity contribution in [2.75, 3.05) is 0 Å². The average Bonchev–Trinajstić information content (AvgIpc) is 1.41. The molecule has 1 N–H and O–H groups in total. The van der Waals surface area contributed by atoms with Crippen molar-refractivity contribution in [1.82, 2.24) is 0 Å². The van der Waals surface area contributed by atoms with E-state index in [0.29, 0.717) is 0 Å². The fraction of sp³-hybridized carbons (Fsp3) is 0. The molecular formula is C3H4NO+. The van der Waals surface area contributed by atoms with Crippen LogP contribution in [0, 0.1) is 6.57 Å². The highest BCUT2D eigenvalue weighted by Crippen LogP contribution is 1.60. The van der Waals surface area contributed by atoms with Crippen molar-refractivity contribution in [3.8, 4) is 6.57 Å². The second kappa shape index (κ2) is 3.03. The smallest absolute Gasteiger partial charge is 0.338 e. The van der Waals surface area contributed by atoms with Crippen LogP contribution in [0.15, 0.2) is 12.5 Å². The zero-order chi connectivity index (χ0) is 4.12. The Balaban J connectivity index is 3.04. The molecule has 26 valence electrons. The van der Waals surface area contributed by atoms with E-state index in [-0.39, 0.29) is 0 Å². The lowest BCUT2D eigenvalue weighted by molar-refractivity contribution is 0.473. The quantitative estimate of drug-likeness (QED) is 0.422.